The second-order valence-corrected chi connectivity index (χ2v) is 8.78. The largest absolute Gasteiger partial charge is 0.388 e. The maximum absolute atomic E-state index is 14.1. The van der Waals surface area contributed by atoms with Crippen LogP contribution in [0.3, 0.4) is 0 Å². The number of pyridine rings is 3. The van der Waals surface area contributed by atoms with Crippen LogP contribution in [-0.4, -0.2) is 32.0 Å². The summed E-state index contributed by atoms with van der Waals surface area (Å²) < 4.78 is 27.4. The van der Waals surface area contributed by atoms with Crippen molar-refractivity contribution in [1.29, 1.82) is 0 Å². The molecule has 5 aromatic rings. The van der Waals surface area contributed by atoms with Crippen LogP contribution >= 0.6 is 0 Å². The molecule has 3 N–H and O–H groups in total. The van der Waals surface area contributed by atoms with Crippen molar-refractivity contribution < 1.29 is 8.78 Å². The number of anilines is 5. The lowest BCUT2D eigenvalue weighted by molar-refractivity contribution is 0.576. The van der Waals surface area contributed by atoms with Gasteiger partial charge in [-0.05, 0) is 60.7 Å². The van der Waals surface area contributed by atoms with Gasteiger partial charge in [0.05, 0.1) is 17.9 Å². The quantitative estimate of drug-likeness (QED) is 0.246. The summed E-state index contributed by atoms with van der Waals surface area (Å²) in [6, 6.07) is 12.2. The van der Waals surface area contributed by atoms with Crippen molar-refractivity contribution in [3.63, 3.8) is 0 Å². The van der Waals surface area contributed by atoms with E-state index in [-0.39, 0.29) is 5.82 Å². The monoisotopic (exact) mass is 496 g/mol. The van der Waals surface area contributed by atoms with Crippen molar-refractivity contribution in [2.75, 3.05) is 23.0 Å². The average Bonchev–Trinajstić information content (AvgIpc) is 3.76. The van der Waals surface area contributed by atoms with Crippen molar-refractivity contribution in [2.45, 2.75) is 18.8 Å². The van der Waals surface area contributed by atoms with Crippen LogP contribution in [0.5, 0.6) is 0 Å². The Hall–Kier alpha value is -4.73. The molecule has 0 spiro atoms. The van der Waals surface area contributed by atoms with E-state index in [0.29, 0.717) is 28.9 Å². The predicted molar refractivity (Wildman–Crippen MR) is 139 cm³/mol. The van der Waals surface area contributed by atoms with Crippen molar-refractivity contribution in [1.82, 2.24) is 24.9 Å². The molecule has 1 fully saturated rings. The highest BCUT2D eigenvalue weighted by atomic mass is 19.1. The van der Waals surface area contributed by atoms with Crippen LogP contribution in [0.4, 0.5) is 37.6 Å². The summed E-state index contributed by atoms with van der Waals surface area (Å²) in [5.74, 6) is 0.205. The summed E-state index contributed by atoms with van der Waals surface area (Å²) in [6.45, 7) is 0. The highest BCUT2D eigenvalue weighted by Gasteiger charge is 2.28. The van der Waals surface area contributed by atoms with Crippen LogP contribution in [0, 0.1) is 11.6 Å². The lowest BCUT2D eigenvalue weighted by Crippen LogP contribution is -2.03. The molecular formula is C27H22F2N8. The zero-order valence-electron chi connectivity index (χ0n) is 19.8. The van der Waals surface area contributed by atoms with E-state index in [4.69, 9.17) is 9.97 Å². The minimum Gasteiger partial charge on any atom is -0.388 e. The number of hydrogen-bond donors (Lipinski definition) is 3. The Kier molecular flexibility index (Phi) is 5.76. The minimum absolute atomic E-state index is 0.129. The van der Waals surface area contributed by atoms with Gasteiger partial charge in [-0.2, -0.15) is 0 Å². The van der Waals surface area contributed by atoms with Crippen molar-refractivity contribution in [3.8, 4) is 11.4 Å². The maximum atomic E-state index is 14.1. The number of fused-ring (bicyclic) bond motifs is 1. The number of benzene rings is 1. The van der Waals surface area contributed by atoms with Gasteiger partial charge < -0.3 is 16.0 Å². The van der Waals surface area contributed by atoms with Crippen molar-refractivity contribution >= 4 is 39.7 Å². The van der Waals surface area contributed by atoms with E-state index in [1.807, 2.05) is 37.5 Å². The van der Waals surface area contributed by atoms with Gasteiger partial charge in [0.15, 0.2) is 17.5 Å². The van der Waals surface area contributed by atoms with Crippen LogP contribution in [-0.2, 0) is 0 Å². The Morgan fingerprint density at radius 3 is 2.41 bits per heavy atom. The van der Waals surface area contributed by atoms with E-state index < -0.39 is 11.6 Å². The number of rotatable bonds is 7. The zero-order valence-corrected chi connectivity index (χ0v) is 19.8. The standard InChI is InChI=1S/C27H22F2N8/c1-30-18-4-6-19(7-5-18)34-27-24-20(15-2-3-15)13-31-14-22(24)35-25(37-27)16-8-9-32-23(10-16)36-26-21(29)11-17(28)12-33-26/h4-15,30H,2-3H2,1H3,(H,32,33,36)(H,34,35,37). The van der Waals surface area contributed by atoms with Gasteiger partial charge in [-0.1, -0.05) is 0 Å². The minimum atomic E-state index is -0.816. The van der Waals surface area contributed by atoms with E-state index in [1.165, 1.54) is 0 Å². The molecule has 1 saturated carbocycles. The van der Waals surface area contributed by atoms with E-state index in [2.05, 4.69) is 30.9 Å². The Morgan fingerprint density at radius 2 is 1.65 bits per heavy atom. The van der Waals surface area contributed by atoms with E-state index >= 15 is 0 Å². The van der Waals surface area contributed by atoms with Gasteiger partial charge in [-0.15, -0.1) is 0 Å². The molecule has 0 atom stereocenters. The van der Waals surface area contributed by atoms with Gasteiger partial charge in [0.25, 0.3) is 0 Å². The first-order chi connectivity index (χ1) is 18.1. The van der Waals surface area contributed by atoms with E-state index in [1.54, 1.807) is 24.5 Å². The second kappa shape index (κ2) is 9.38. The molecule has 1 aliphatic carbocycles. The first-order valence-corrected chi connectivity index (χ1v) is 11.8. The number of nitrogens with zero attached hydrogens (tertiary/aromatic N) is 5. The topological polar surface area (TPSA) is 101 Å². The van der Waals surface area contributed by atoms with Gasteiger partial charge in [0.2, 0.25) is 0 Å². The normalized spacial score (nSPS) is 12.9. The Labute approximate surface area is 211 Å². The molecule has 184 valence electrons. The van der Waals surface area contributed by atoms with Gasteiger partial charge >= 0.3 is 0 Å². The summed E-state index contributed by atoms with van der Waals surface area (Å²) in [6.07, 6.45) is 8.37. The second-order valence-electron chi connectivity index (χ2n) is 8.78. The third-order valence-corrected chi connectivity index (χ3v) is 6.16. The smallest absolute Gasteiger partial charge is 0.168 e. The fourth-order valence-electron chi connectivity index (χ4n) is 4.16. The Balaban J connectivity index is 1.42. The zero-order chi connectivity index (χ0) is 25.4. The summed E-state index contributed by atoms with van der Waals surface area (Å²) in [5, 5.41) is 10.3. The van der Waals surface area contributed by atoms with Crippen LogP contribution in [0.25, 0.3) is 22.3 Å². The number of aromatic nitrogens is 5. The van der Waals surface area contributed by atoms with Crippen LogP contribution < -0.4 is 16.0 Å². The van der Waals surface area contributed by atoms with Gasteiger partial charge in [0, 0.05) is 47.8 Å². The van der Waals surface area contributed by atoms with Gasteiger partial charge in [-0.25, -0.2) is 28.7 Å². The molecule has 6 rings (SSSR count). The fourth-order valence-corrected chi connectivity index (χ4v) is 4.16. The third kappa shape index (κ3) is 4.73. The SMILES string of the molecule is CNc1ccc(Nc2nc(-c3ccnc(Nc4ncc(F)cc4F)c3)nc3cncc(C4CC4)c23)cc1. The Bertz CT molecular complexity index is 1600. The maximum Gasteiger partial charge on any atom is 0.168 e. The number of nitrogens with one attached hydrogen (secondary N) is 3. The van der Waals surface area contributed by atoms with Crippen molar-refractivity contribution in [2.24, 2.45) is 0 Å². The first kappa shape index (κ1) is 22.7. The molecule has 37 heavy (non-hydrogen) atoms. The summed E-state index contributed by atoms with van der Waals surface area (Å²) in [4.78, 5) is 22.1. The predicted octanol–water partition coefficient (Wildman–Crippen LogP) is 6.17. The molecule has 8 nitrogen and oxygen atoms in total. The Morgan fingerprint density at radius 1 is 0.838 bits per heavy atom. The number of hydrogen-bond acceptors (Lipinski definition) is 8. The molecule has 4 heterocycles. The van der Waals surface area contributed by atoms with Gasteiger partial charge in [-0.3, -0.25) is 4.98 Å². The molecule has 0 saturated heterocycles. The lowest BCUT2D eigenvalue weighted by atomic mass is 10.1. The van der Waals surface area contributed by atoms with Gasteiger partial charge in [0.1, 0.15) is 17.5 Å². The molecule has 1 aromatic carbocycles. The van der Waals surface area contributed by atoms with Crippen LogP contribution in [0.1, 0.15) is 24.3 Å². The third-order valence-electron chi connectivity index (χ3n) is 6.16. The highest BCUT2D eigenvalue weighted by molar-refractivity contribution is 5.95. The molecule has 0 radical (unpaired) electrons. The molecule has 0 amide bonds. The highest BCUT2D eigenvalue weighted by Crippen LogP contribution is 2.44. The first-order valence-electron chi connectivity index (χ1n) is 11.8. The molecule has 0 unspecified atom stereocenters. The lowest BCUT2D eigenvalue weighted by Gasteiger charge is -2.14. The van der Waals surface area contributed by atoms with E-state index in [0.717, 1.165) is 52.9 Å². The number of halogens is 2. The van der Waals surface area contributed by atoms with Crippen LogP contribution in [0.15, 0.2) is 67.3 Å². The van der Waals surface area contributed by atoms with E-state index in [9.17, 15) is 8.78 Å². The summed E-state index contributed by atoms with van der Waals surface area (Å²) in [5.41, 5.74) is 4.41. The molecule has 1 aliphatic rings. The molecular weight excluding hydrogens is 474 g/mol. The molecule has 0 aliphatic heterocycles. The summed E-state index contributed by atoms with van der Waals surface area (Å²) >= 11 is 0. The average molecular weight is 497 g/mol. The van der Waals surface area contributed by atoms with Crippen LogP contribution in [0.2, 0.25) is 0 Å². The summed E-state index contributed by atoms with van der Waals surface area (Å²) in [7, 11) is 1.87. The fraction of sp³-hybridized carbons (Fsp3) is 0.148. The molecule has 4 aromatic heterocycles. The molecule has 0 bridgehead atoms. The molecule has 10 heteroatoms. The van der Waals surface area contributed by atoms with Crippen molar-refractivity contribution in [3.05, 3.63) is 84.4 Å².